The second-order valence-electron chi connectivity index (χ2n) is 4.13. The minimum Gasteiger partial charge on any atom is -0.317 e. The highest BCUT2D eigenvalue weighted by Gasteiger charge is 2.20. The quantitative estimate of drug-likeness (QED) is 0.859. The molecular weight excluding hydrogens is 320 g/mol. The molecule has 0 heterocycles. The number of amides is 2. The average Bonchev–Trinajstić information content (AvgIpc) is 2.49. The molecule has 5 heteroatoms. The molecule has 0 saturated carbocycles. The highest BCUT2D eigenvalue weighted by Crippen LogP contribution is 2.21. The van der Waals surface area contributed by atoms with Crippen LogP contribution >= 0.6 is 15.9 Å². The van der Waals surface area contributed by atoms with Gasteiger partial charge in [-0.1, -0.05) is 30.3 Å². The first-order chi connectivity index (χ1) is 9.59. The zero-order valence-corrected chi connectivity index (χ0v) is 12.4. The Morgan fingerprint density at radius 3 is 2.25 bits per heavy atom. The van der Waals surface area contributed by atoms with Crippen molar-refractivity contribution in [1.82, 2.24) is 0 Å². The van der Waals surface area contributed by atoms with E-state index in [4.69, 9.17) is 0 Å². The van der Waals surface area contributed by atoms with Gasteiger partial charge < -0.3 is 10.2 Å². The van der Waals surface area contributed by atoms with Crippen LogP contribution in [0.15, 0.2) is 59.1 Å². The van der Waals surface area contributed by atoms with Gasteiger partial charge in [0.15, 0.2) is 0 Å². The summed E-state index contributed by atoms with van der Waals surface area (Å²) in [5.74, 6) is -1.30. The van der Waals surface area contributed by atoms with Crippen LogP contribution in [-0.4, -0.2) is 18.9 Å². The van der Waals surface area contributed by atoms with Crippen LogP contribution < -0.4 is 10.2 Å². The lowest BCUT2D eigenvalue weighted by Gasteiger charge is -2.16. The lowest BCUT2D eigenvalue weighted by Crippen LogP contribution is -2.37. The number of hydrogen-bond donors (Lipinski definition) is 1. The minimum absolute atomic E-state index is 0.562. The zero-order chi connectivity index (χ0) is 14.5. The Balaban J connectivity index is 2.10. The van der Waals surface area contributed by atoms with Gasteiger partial charge in [-0.2, -0.15) is 0 Å². The third-order valence-corrected chi connectivity index (χ3v) is 3.46. The van der Waals surface area contributed by atoms with Crippen LogP contribution in [0, 0.1) is 0 Å². The van der Waals surface area contributed by atoms with Crippen molar-refractivity contribution in [3.8, 4) is 0 Å². The first kappa shape index (κ1) is 14.3. The Kier molecular flexibility index (Phi) is 4.53. The van der Waals surface area contributed by atoms with Gasteiger partial charge >= 0.3 is 11.8 Å². The van der Waals surface area contributed by atoms with Gasteiger partial charge in [-0.25, -0.2) is 0 Å². The van der Waals surface area contributed by atoms with E-state index in [9.17, 15) is 9.59 Å². The number of anilines is 2. The normalized spacial score (nSPS) is 9.90. The number of nitrogens with one attached hydrogen (secondary N) is 1. The van der Waals surface area contributed by atoms with Crippen LogP contribution in [0.5, 0.6) is 0 Å². The van der Waals surface area contributed by atoms with E-state index in [0.717, 1.165) is 4.47 Å². The van der Waals surface area contributed by atoms with Crippen molar-refractivity contribution in [3.05, 3.63) is 59.1 Å². The van der Waals surface area contributed by atoms with E-state index in [0.29, 0.717) is 11.4 Å². The predicted octanol–water partition coefficient (Wildman–Crippen LogP) is 3.05. The van der Waals surface area contributed by atoms with Crippen LogP contribution in [0.1, 0.15) is 0 Å². The van der Waals surface area contributed by atoms with E-state index in [1.54, 1.807) is 37.4 Å². The molecule has 2 amide bonds. The summed E-state index contributed by atoms with van der Waals surface area (Å²) >= 11 is 3.32. The average molecular weight is 333 g/mol. The monoisotopic (exact) mass is 332 g/mol. The highest BCUT2D eigenvalue weighted by atomic mass is 79.9. The molecule has 0 aliphatic heterocycles. The maximum Gasteiger partial charge on any atom is 0.316 e. The summed E-state index contributed by atoms with van der Waals surface area (Å²) in [7, 11) is 1.57. The van der Waals surface area contributed by atoms with E-state index in [1.807, 2.05) is 24.3 Å². The molecular formula is C15H13BrN2O2. The van der Waals surface area contributed by atoms with E-state index in [-0.39, 0.29) is 0 Å². The van der Waals surface area contributed by atoms with Crippen molar-refractivity contribution in [3.63, 3.8) is 0 Å². The van der Waals surface area contributed by atoms with Gasteiger partial charge in [0.1, 0.15) is 0 Å². The lowest BCUT2D eigenvalue weighted by atomic mass is 10.3. The van der Waals surface area contributed by atoms with Crippen molar-refractivity contribution < 1.29 is 9.59 Å². The first-order valence-corrected chi connectivity index (χ1v) is 6.77. The van der Waals surface area contributed by atoms with Crippen LogP contribution in [0.2, 0.25) is 0 Å². The van der Waals surface area contributed by atoms with E-state index < -0.39 is 11.8 Å². The summed E-state index contributed by atoms with van der Waals surface area (Å²) < 4.78 is 0.725. The Bertz CT molecular complexity index is 629. The minimum atomic E-state index is -0.678. The first-order valence-electron chi connectivity index (χ1n) is 5.98. The molecule has 0 aliphatic carbocycles. The molecule has 0 spiro atoms. The van der Waals surface area contributed by atoms with Crippen LogP contribution in [-0.2, 0) is 9.59 Å². The number of rotatable bonds is 2. The Morgan fingerprint density at radius 1 is 1.00 bits per heavy atom. The molecule has 0 saturated heterocycles. The molecule has 2 rings (SSSR count). The summed E-state index contributed by atoms with van der Waals surface area (Å²) in [5.41, 5.74) is 1.23. The summed E-state index contributed by atoms with van der Waals surface area (Å²) in [6, 6.07) is 16.1. The number of hydrogen-bond acceptors (Lipinski definition) is 2. The number of carbonyl (C=O) groups is 2. The third kappa shape index (κ3) is 3.24. The second kappa shape index (κ2) is 6.34. The third-order valence-electron chi connectivity index (χ3n) is 2.76. The Morgan fingerprint density at radius 2 is 1.60 bits per heavy atom. The fraction of sp³-hybridized carbons (Fsp3) is 0.0667. The molecule has 0 unspecified atom stereocenters. The van der Waals surface area contributed by atoms with Crippen LogP contribution in [0.4, 0.5) is 11.4 Å². The van der Waals surface area contributed by atoms with E-state index in [1.165, 1.54) is 4.90 Å². The lowest BCUT2D eigenvalue weighted by molar-refractivity contribution is -0.134. The largest absolute Gasteiger partial charge is 0.317 e. The Labute approximate surface area is 125 Å². The van der Waals surface area contributed by atoms with Crippen molar-refractivity contribution >= 4 is 39.1 Å². The van der Waals surface area contributed by atoms with Crippen molar-refractivity contribution in [2.45, 2.75) is 0 Å². The smallest absolute Gasteiger partial charge is 0.316 e. The fourth-order valence-corrected chi connectivity index (χ4v) is 2.04. The van der Waals surface area contributed by atoms with Crippen molar-refractivity contribution in [2.24, 2.45) is 0 Å². The molecule has 0 radical (unpaired) electrons. The highest BCUT2D eigenvalue weighted by molar-refractivity contribution is 9.10. The van der Waals surface area contributed by atoms with Crippen molar-refractivity contribution in [1.29, 1.82) is 0 Å². The second-order valence-corrected chi connectivity index (χ2v) is 4.99. The molecule has 2 aromatic rings. The molecule has 1 N–H and O–H groups in total. The van der Waals surface area contributed by atoms with Gasteiger partial charge in [0, 0.05) is 17.2 Å². The summed E-state index contributed by atoms with van der Waals surface area (Å²) in [5, 5.41) is 2.58. The zero-order valence-electron chi connectivity index (χ0n) is 10.8. The van der Waals surface area contributed by atoms with Gasteiger partial charge in [0.05, 0.1) is 5.69 Å². The van der Waals surface area contributed by atoms with Crippen LogP contribution in [0.3, 0.4) is 0 Å². The summed E-state index contributed by atoms with van der Waals surface area (Å²) in [6.45, 7) is 0. The van der Waals surface area contributed by atoms with Gasteiger partial charge in [-0.05, 0) is 40.2 Å². The topological polar surface area (TPSA) is 49.4 Å². The summed E-state index contributed by atoms with van der Waals surface area (Å²) in [4.78, 5) is 25.3. The molecule has 102 valence electrons. The molecule has 0 atom stereocenters. The molecule has 20 heavy (non-hydrogen) atoms. The molecule has 0 aromatic heterocycles. The SMILES string of the molecule is CN(C(=O)C(=O)Nc1ccccc1Br)c1ccccc1. The van der Waals surface area contributed by atoms with E-state index in [2.05, 4.69) is 21.2 Å². The fourth-order valence-electron chi connectivity index (χ4n) is 1.66. The molecule has 0 fully saturated rings. The van der Waals surface area contributed by atoms with Gasteiger partial charge in [0.2, 0.25) is 0 Å². The van der Waals surface area contributed by atoms with Gasteiger partial charge in [-0.3, -0.25) is 9.59 Å². The van der Waals surface area contributed by atoms with Crippen molar-refractivity contribution in [2.75, 3.05) is 17.3 Å². The molecule has 0 aliphatic rings. The number of halogens is 1. The Hall–Kier alpha value is -2.14. The number of carbonyl (C=O) groups excluding carboxylic acids is 2. The number of nitrogens with zero attached hydrogens (tertiary/aromatic N) is 1. The van der Waals surface area contributed by atoms with Gasteiger partial charge in [0.25, 0.3) is 0 Å². The number of benzene rings is 2. The standard InChI is InChI=1S/C15H13BrN2O2/c1-18(11-7-3-2-4-8-11)15(20)14(19)17-13-10-6-5-9-12(13)16/h2-10H,1H3,(H,17,19). The maximum atomic E-state index is 12.1. The number of likely N-dealkylation sites (N-methyl/N-ethyl adjacent to an activating group) is 1. The maximum absolute atomic E-state index is 12.1. The molecule has 2 aromatic carbocycles. The molecule has 4 nitrogen and oxygen atoms in total. The number of para-hydroxylation sites is 2. The summed E-state index contributed by atoms with van der Waals surface area (Å²) in [6.07, 6.45) is 0. The predicted molar refractivity (Wildman–Crippen MR) is 82.6 cm³/mol. The van der Waals surface area contributed by atoms with E-state index >= 15 is 0 Å². The molecule has 0 bridgehead atoms. The van der Waals surface area contributed by atoms with Crippen LogP contribution in [0.25, 0.3) is 0 Å². The van der Waals surface area contributed by atoms with Gasteiger partial charge in [-0.15, -0.1) is 0 Å².